The number of rotatable bonds is 4. The molecule has 0 bridgehead atoms. The van der Waals surface area contributed by atoms with Crippen LogP contribution in [0.25, 0.3) is 0 Å². The zero-order valence-corrected chi connectivity index (χ0v) is 14.0. The van der Waals surface area contributed by atoms with Gasteiger partial charge < -0.3 is 19.7 Å². The largest absolute Gasteiger partial charge is 0.482 e. The number of pyridine rings is 1. The predicted molar refractivity (Wildman–Crippen MR) is 91.4 cm³/mol. The lowest BCUT2D eigenvalue weighted by molar-refractivity contribution is -0.133. The van der Waals surface area contributed by atoms with Crippen LogP contribution in [-0.2, 0) is 11.3 Å². The van der Waals surface area contributed by atoms with Crippen LogP contribution in [0.1, 0.15) is 12.5 Å². The molecule has 1 aliphatic rings. The Bertz CT molecular complexity index is 733. The summed E-state index contributed by atoms with van der Waals surface area (Å²) in [5.74, 6) is 1.91. The van der Waals surface area contributed by atoms with Crippen LogP contribution in [0, 0.1) is 0 Å². The second kappa shape index (κ2) is 6.78. The fourth-order valence-electron chi connectivity index (χ4n) is 2.51. The fourth-order valence-corrected chi connectivity index (χ4v) is 2.51. The third kappa shape index (κ3) is 3.42. The number of aromatic nitrogens is 1. The summed E-state index contributed by atoms with van der Waals surface area (Å²) in [7, 11) is 3.86. The van der Waals surface area contributed by atoms with Gasteiger partial charge in [0.25, 0.3) is 5.91 Å². The van der Waals surface area contributed by atoms with E-state index < -0.39 is 6.10 Å². The number of hydrogen-bond donors (Lipinski definition) is 1. The van der Waals surface area contributed by atoms with Gasteiger partial charge in [-0.1, -0.05) is 12.1 Å². The Balaban J connectivity index is 1.64. The van der Waals surface area contributed by atoms with Crippen LogP contribution in [0.15, 0.2) is 42.6 Å². The Morgan fingerprint density at radius 1 is 1.21 bits per heavy atom. The molecule has 1 aliphatic heterocycles. The first-order chi connectivity index (χ1) is 11.5. The Kier molecular flexibility index (Phi) is 4.55. The Morgan fingerprint density at radius 3 is 2.62 bits per heavy atom. The molecular formula is C18H21N3O3. The second-order valence-electron chi connectivity index (χ2n) is 5.94. The summed E-state index contributed by atoms with van der Waals surface area (Å²) < 4.78 is 11.6. The summed E-state index contributed by atoms with van der Waals surface area (Å²) in [6, 6.07) is 11.2. The quantitative estimate of drug-likeness (QED) is 0.930. The van der Waals surface area contributed by atoms with Gasteiger partial charge in [-0.3, -0.25) is 4.79 Å². The van der Waals surface area contributed by atoms with Gasteiger partial charge in [0, 0.05) is 26.8 Å². The van der Waals surface area contributed by atoms with Crippen molar-refractivity contribution in [2.45, 2.75) is 25.7 Å². The minimum atomic E-state index is -0.671. The van der Waals surface area contributed by atoms with Crippen LogP contribution >= 0.6 is 0 Å². The van der Waals surface area contributed by atoms with Crippen LogP contribution < -0.4 is 19.7 Å². The predicted octanol–water partition coefficient (Wildman–Crippen LogP) is 1.99. The molecule has 6 heteroatoms. The molecule has 0 aliphatic carbocycles. The van der Waals surface area contributed by atoms with E-state index in [0.29, 0.717) is 18.0 Å². The van der Waals surface area contributed by atoms with E-state index in [-0.39, 0.29) is 12.0 Å². The molecule has 0 fully saturated rings. The molecule has 2 atom stereocenters. The molecule has 3 rings (SSSR count). The van der Waals surface area contributed by atoms with Gasteiger partial charge >= 0.3 is 0 Å². The standard InChI is InChI=1S/C18H21N3O3/c1-12-17(24-15-7-5-4-6-14(15)23-12)18(22)20-11-13-8-9-19-16(10-13)21(2)3/h4-10,12,17H,11H2,1-3H3,(H,20,22)/t12-,17-/m1/s1. The number of anilines is 1. The lowest BCUT2D eigenvalue weighted by Crippen LogP contribution is -2.48. The SMILES string of the molecule is C[C@H]1Oc2ccccc2O[C@H]1C(=O)NCc1ccnc(N(C)C)c1. The molecule has 6 nitrogen and oxygen atoms in total. The topological polar surface area (TPSA) is 63.7 Å². The number of hydrogen-bond acceptors (Lipinski definition) is 5. The van der Waals surface area contributed by atoms with Gasteiger partial charge in [-0.15, -0.1) is 0 Å². The Hall–Kier alpha value is -2.76. The van der Waals surface area contributed by atoms with Crippen LogP contribution in [0.4, 0.5) is 5.82 Å². The number of carbonyl (C=O) groups excluding carboxylic acids is 1. The highest BCUT2D eigenvalue weighted by atomic mass is 16.6. The Labute approximate surface area is 141 Å². The highest BCUT2D eigenvalue weighted by molar-refractivity contribution is 5.82. The van der Waals surface area contributed by atoms with Gasteiger partial charge in [-0.05, 0) is 36.8 Å². The minimum absolute atomic E-state index is 0.194. The molecule has 2 aromatic rings. The lowest BCUT2D eigenvalue weighted by Gasteiger charge is -2.31. The van der Waals surface area contributed by atoms with E-state index >= 15 is 0 Å². The number of fused-ring (bicyclic) bond motifs is 1. The van der Waals surface area contributed by atoms with Crippen molar-refractivity contribution in [1.82, 2.24) is 10.3 Å². The molecule has 2 heterocycles. The van der Waals surface area contributed by atoms with Crippen molar-refractivity contribution in [2.24, 2.45) is 0 Å². The average molecular weight is 327 g/mol. The highest BCUT2D eigenvalue weighted by Crippen LogP contribution is 2.33. The highest BCUT2D eigenvalue weighted by Gasteiger charge is 2.33. The third-order valence-electron chi connectivity index (χ3n) is 3.84. The lowest BCUT2D eigenvalue weighted by atomic mass is 10.1. The summed E-state index contributed by atoms with van der Waals surface area (Å²) in [5.41, 5.74) is 0.979. The third-order valence-corrected chi connectivity index (χ3v) is 3.84. The van der Waals surface area contributed by atoms with E-state index in [2.05, 4.69) is 10.3 Å². The van der Waals surface area contributed by atoms with Gasteiger partial charge in [-0.25, -0.2) is 4.98 Å². The first kappa shape index (κ1) is 16.1. The van der Waals surface area contributed by atoms with Crippen LogP contribution in [0.2, 0.25) is 0 Å². The zero-order chi connectivity index (χ0) is 17.1. The van der Waals surface area contributed by atoms with Gasteiger partial charge in [0.1, 0.15) is 11.9 Å². The first-order valence-corrected chi connectivity index (χ1v) is 7.87. The van der Waals surface area contributed by atoms with E-state index in [4.69, 9.17) is 9.47 Å². The molecule has 24 heavy (non-hydrogen) atoms. The maximum atomic E-state index is 12.5. The minimum Gasteiger partial charge on any atom is -0.482 e. The average Bonchev–Trinajstić information content (AvgIpc) is 2.59. The fraction of sp³-hybridized carbons (Fsp3) is 0.333. The van der Waals surface area contributed by atoms with Crippen molar-refractivity contribution in [3.05, 3.63) is 48.2 Å². The molecule has 0 saturated carbocycles. The number of amides is 1. The van der Waals surface area contributed by atoms with Crippen molar-refractivity contribution in [3.8, 4) is 11.5 Å². The van der Waals surface area contributed by atoms with Crippen molar-refractivity contribution >= 4 is 11.7 Å². The summed E-state index contributed by atoms with van der Waals surface area (Å²) in [5, 5.41) is 2.91. The number of para-hydroxylation sites is 2. The zero-order valence-electron chi connectivity index (χ0n) is 14.0. The second-order valence-corrected chi connectivity index (χ2v) is 5.94. The smallest absolute Gasteiger partial charge is 0.265 e. The maximum Gasteiger partial charge on any atom is 0.265 e. The van der Waals surface area contributed by atoms with E-state index in [9.17, 15) is 4.79 Å². The van der Waals surface area contributed by atoms with Crippen molar-refractivity contribution in [3.63, 3.8) is 0 Å². The normalized spacial score (nSPS) is 18.8. The van der Waals surface area contributed by atoms with Crippen molar-refractivity contribution < 1.29 is 14.3 Å². The van der Waals surface area contributed by atoms with E-state index in [1.54, 1.807) is 12.3 Å². The Morgan fingerprint density at radius 2 is 1.92 bits per heavy atom. The molecule has 1 aromatic heterocycles. The number of ether oxygens (including phenoxy) is 2. The molecule has 126 valence electrons. The number of nitrogens with one attached hydrogen (secondary N) is 1. The molecule has 1 amide bonds. The summed E-state index contributed by atoms with van der Waals surface area (Å²) in [4.78, 5) is 18.6. The van der Waals surface area contributed by atoms with Crippen LogP contribution in [0.3, 0.4) is 0 Å². The van der Waals surface area contributed by atoms with Gasteiger partial charge in [0.15, 0.2) is 11.5 Å². The molecular weight excluding hydrogens is 306 g/mol. The monoisotopic (exact) mass is 327 g/mol. The van der Waals surface area contributed by atoms with Crippen LogP contribution in [0.5, 0.6) is 11.5 Å². The number of nitrogens with zero attached hydrogens (tertiary/aromatic N) is 2. The summed E-state index contributed by atoms with van der Waals surface area (Å²) in [6.45, 7) is 2.24. The molecule has 1 aromatic carbocycles. The van der Waals surface area contributed by atoms with Gasteiger partial charge in [0.05, 0.1) is 0 Å². The van der Waals surface area contributed by atoms with Gasteiger partial charge in [-0.2, -0.15) is 0 Å². The van der Waals surface area contributed by atoms with Gasteiger partial charge in [0.2, 0.25) is 6.10 Å². The van der Waals surface area contributed by atoms with E-state index in [1.807, 2.05) is 56.3 Å². The molecule has 0 saturated heterocycles. The number of carbonyl (C=O) groups is 1. The molecule has 0 radical (unpaired) electrons. The molecule has 0 spiro atoms. The van der Waals surface area contributed by atoms with E-state index in [0.717, 1.165) is 11.4 Å². The summed E-state index contributed by atoms with van der Waals surface area (Å²) in [6.07, 6.45) is 0.709. The van der Waals surface area contributed by atoms with E-state index in [1.165, 1.54) is 0 Å². The molecule has 0 unspecified atom stereocenters. The summed E-state index contributed by atoms with van der Waals surface area (Å²) >= 11 is 0. The first-order valence-electron chi connectivity index (χ1n) is 7.87. The molecule has 1 N–H and O–H groups in total. The van der Waals surface area contributed by atoms with Crippen molar-refractivity contribution in [1.29, 1.82) is 0 Å². The maximum absolute atomic E-state index is 12.5. The van der Waals surface area contributed by atoms with Crippen molar-refractivity contribution in [2.75, 3.05) is 19.0 Å². The van der Waals surface area contributed by atoms with Crippen LogP contribution in [-0.4, -0.2) is 37.2 Å². The number of benzene rings is 1.